The smallest absolute Gasteiger partial charge is 0.494 e. The molecular weight excluding hydrogens is 647 g/mol. The van der Waals surface area contributed by atoms with Crippen molar-refractivity contribution >= 4 is 37.7 Å². The van der Waals surface area contributed by atoms with E-state index in [2.05, 4.69) is 0 Å². The molecular formula is C33H46B3N3O11. The van der Waals surface area contributed by atoms with Gasteiger partial charge < -0.3 is 70.3 Å². The van der Waals surface area contributed by atoms with Gasteiger partial charge in [-0.15, -0.1) is 0 Å². The maximum absolute atomic E-state index is 10.2. The molecule has 6 rings (SSSR count). The molecule has 0 radical (unpaired) electrons. The number of benzene rings is 3. The van der Waals surface area contributed by atoms with Crippen molar-refractivity contribution in [2.24, 2.45) is 17.2 Å². The van der Waals surface area contributed by atoms with E-state index in [-0.39, 0.29) is 31.5 Å². The average Bonchev–Trinajstić information content (AvgIpc) is 3.79. The summed E-state index contributed by atoms with van der Waals surface area (Å²) in [5.41, 5.74) is 22.0. The number of rotatable bonds is 17. The molecule has 0 spiro atoms. The number of nitrogens with two attached hydrogens (primary N) is 3. The van der Waals surface area contributed by atoms with E-state index in [9.17, 15) is 10.0 Å². The van der Waals surface area contributed by atoms with Gasteiger partial charge in [0.05, 0.1) is 38.1 Å². The second-order valence-corrected chi connectivity index (χ2v) is 11.8. The lowest BCUT2D eigenvalue weighted by Gasteiger charge is -2.14. The fraction of sp³-hybridized carbons (Fsp3) is 0.455. The Balaban J connectivity index is 0.000000240. The minimum Gasteiger partial charge on any atom is -0.494 e. The van der Waals surface area contributed by atoms with Gasteiger partial charge in [-0.3, -0.25) is 0 Å². The summed E-state index contributed by atoms with van der Waals surface area (Å²) < 4.78 is 40.1. The van der Waals surface area contributed by atoms with Gasteiger partial charge in [0.2, 0.25) is 0 Å². The third-order valence-electron chi connectivity index (χ3n) is 8.52. The van der Waals surface area contributed by atoms with Crippen LogP contribution in [0.15, 0.2) is 54.6 Å². The molecule has 14 nitrogen and oxygen atoms in total. The Labute approximate surface area is 293 Å². The summed E-state index contributed by atoms with van der Waals surface area (Å²) >= 11 is 0. The van der Waals surface area contributed by atoms with Crippen LogP contribution < -0.4 is 47.8 Å². The van der Waals surface area contributed by atoms with Crippen LogP contribution >= 0.6 is 0 Å². The lowest BCUT2D eigenvalue weighted by Crippen LogP contribution is -2.34. The Morgan fingerprint density at radius 2 is 0.940 bits per heavy atom. The maximum atomic E-state index is 10.2. The lowest BCUT2D eigenvalue weighted by molar-refractivity contribution is 0.155. The lowest BCUT2D eigenvalue weighted by atomic mass is 9.77. The summed E-state index contributed by atoms with van der Waals surface area (Å²) in [6.07, 6.45) is 0.847. The topological polar surface area (TPSA) is 224 Å². The van der Waals surface area contributed by atoms with Crippen molar-refractivity contribution in [1.29, 1.82) is 0 Å². The van der Waals surface area contributed by atoms with Gasteiger partial charge in [-0.1, -0.05) is 36.4 Å². The molecule has 0 saturated carbocycles. The van der Waals surface area contributed by atoms with Gasteiger partial charge in [0, 0.05) is 75.1 Å². The van der Waals surface area contributed by atoms with Gasteiger partial charge in [-0.2, -0.15) is 0 Å². The Bertz CT molecular complexity index is 1530. The van der Waals surface area contributed by atoms with Crippen LogP contribution in [0.5, 0.6) is 17.2 Å². The highest BCUT2D eigenvalue weighted by Gasteiger charge is 2.40. The number of aliphatic hydroxyl groups excluding tert-OH is 2. The highest BCUT2D eigenvalue weighted by Crippen LogP contribution is 2.30. The summed E-state index contributed by atoms with van der Waals surface area (Å²) in [6, 6.07) is 16.8. The standard InChI is InChI=1S/C22H30B2N2O7.C11H16BNO4/c25-13-19-15-5-1-7-17(21(15)23(28)32-19)30-11-4-12-31-24-22-16(20(14-26)33-24)6-2-8-18(22)29-10-3-9-27;13-7-10-8-3-1-4-9(16-6-2-5-14)11(8)12(15)17-10/h1-2,5-8,19-20,27-28H,3-4,9-14,25-26H2;1,3-4,10,14-15H,2,5-7,13H2. The van der Waals surface area contributed by atoms with Gasteiger partial charge in [-0.05, 0) is 34.9 Å². The van der Waals surface area contributed by atoms with Crippen molar-refractivity contribution in [1.82, 2.24) is 0 Å². The summed E-state index contributed by atoms with van der Waals surface area (Å²) in [5, 5.41) is 37.8. The largest absolute Gasteiger partial charge is 0.498 e. The SMILES string of the molecule is NCC1OB(O)c2c(OCCCO)cccc21.NCC1OB(O)c2c(OCCCOB3OC(CN)c4cccc(OCCCO)c43)cccc21. The monoisotopic (exact) mass is 693 g/mol. The molecule has 0 aliphatic carbocycles. The molecule has 268 valence electrons. The van der Waals surface area contributed by atoms with Crippen LogP contribution in [0.1, 0.15) is 54.3 Å². The molecule has 3 aromatic carbocycles. The van der Waals surface area contributed by atoms with Crippen molar-refractivity contribution in [2.75, 3.05) is 59.3 Å². The fourth-order valence-electron chi connectivity index (χ4n) is 6.16. The van der Waals surface area contributed by atoms with E-state index in [4.69, 9.17) is 60.2 Å². The Morgan fingerprint density at radius 1 is 0.540 bits per heavy atom. The molecule has 0 aromatic heterocycles. The predicted octanol–water partition coefficient (Wildman–Crippen LogP) is -1.46. The zero-order chi connectivity index (χ0) is 35.5. The first-order chi connectivity index (χ1) is 24.4. The van der Waals surface area contributed by atoms with Crippen molar-refractivity contribution in [2.45, 2.75) is 37.6 Å². The summed E-state index contributed by atoms with van der Waals surface area (Å²) in [5.74, 6) is 1.86. The van der Waals surface area contributed by atoms with E-state index in [1.165, 1.54) is 0 Å². The molecule has 3 aliphatic rings. The summed E-state index contributed by atoms with van der Waals surface area (Å²) in [6.45, 7) is 2.71. The van der Waals surface area contributed by atoms with E-state index in [1.54, 1.807) is 6.07 Å². The predicted molar refractivity (Wildman–Crippen MR) is 189 cm³/mol. The van der Waals surface area contributed by atoms with Gasteiger partial charge >= 0.3 is 21.4 Å². The second-order valence-electron chi connectivity index (χ2n) is 11.8. The minimum atomic E-state index is -1.04. The normalized spacial score (nSPS) is 18.8. The van der Waals surface area contributed by atoms with Crippen LogP contribution in [0.4, 0.5) is 0 Å². The molecule has 3 unspecified atom stereocenters. The minimum absolute atomic E-state index is 0.0670. The summed E-state index contributed by atoms with van der Waals surface area (Å²) in [7, 11) is -2.61. The Hall–Kier alpha value is -3.19. The van der Waals surface area contributed by atoms with Crippen molar-refractivity contribution in [3.8, 4) is 17.2 Å². The highest BCUT2D eigenvalue weighted by molar-refractivity contribution is 6.64. The zero-order valence-corrected chi connectivity index (χ0v) is 28.0. The molecule has 0 saturated heterocycles. The van der Waals surface area contributed by atoms with Gasteiger partial charge in [0.25, 0.3) is 0 Å². The zero-order valence-electron chi connectivity index (χ0n) is 28.0. The van der Waals surface area contributed by atoms with Crippen LogP contribution in [-0.4, -0.2) is 101 Å². The van der Waals surface area contributed by atoms with Crippen molar-refractivity contribution < 1.29 is 53.1 Å². The van der Waals surface area contributed by atoms with Crippen molar-refractivity contribution in [3.05, 3.63) is 71.3 Å². The van der Waals surface area contributed by atoms with E-state index in [0.717, 1.165) is 22.2 Å². The van der Waals surface area contributed by atoms with Gasteiger partial charge in [0.15, 0.2) is 0 Å². The van der Waals surface area contributed by atoms with E-state index < -0.39 is 21.4 Å². The second kappa shape index (κ2) is 18.9. The van der Waals surface area contributed by atoms with Gasteiger partial charge in [-0.25, -0.2) is 0 Å². The first-order valence-corrected chi connectivity index (χ1v) is 17.0. The molecule has 3 atom stereocenters. The molecule has 3 aromatic rings. The van der Waals surface area contributed by atoms with Crippen LogP contribution in [-0.2, 0) is 18.6 Å². The van der Waals surface area contributed by atoms with E-state index in [0.29, 0.717) is 93.5 Å². The third-order valence-corrected chi connectivity index (χ3v) is 8.52. The third kappa shape index (κ3) is 8.81. The van der Waals surface area contributed by atoms with Gasteiger partial charge in [0.1, 0.15) is 17.2 Å². The number of hydrogen-bond acceptors (Lipinski definition) is 14. The maximum Gasteiger partial charge on any atom is 0.498 e. The molecule has 10 N–H and O–H groups in total. The average molecular weight is 693 g/mol. The quantitative estimate of drug-likeness (QED) is 0.0635. The fourth-order valence-corrected chi connectivity index (χ4v) is 6.16. The number of hydrogen-bond donors (Lipinski definition) is 7. The first-order valence-electron chi connectivity index (χ1n) is 17.0. The van der Waals surface area contributed by atoms with Crippen LogP contribution in [0, 0.1) is 0 Å². The molecule has 0 amide bonds. The van der Waals surface area contributed by atoms with Crippen LogP contribution in [0.2, 0.25) is 0 Å². The molecule has 50 heavy (non-hydrogen) atoms. The Morgan fingerprint density at radius 3 is 1.38 bits per heavy atom. The highest BCUT2D eigenvalue weighted by atomic mass is 16.6. The number of fused-ring (bicyclic) bond motifs is 3. The molecule has 3 heterocycles. The van der Waals surface area contributed by atoms with E-state index >= 15 is 0 Å². The van der Waals surface area contributed by atoms with Crippen LogP contribution in [0.25, 0.3) is 0 Å². The number of aliphatic hydroxyl groups is 2. The van der Waals surface area contributed by atoms with Crippen molar-refractivity contribution in [3.63, 3.8) is 0 Å². The van der Waals surface area contributed by atoms with Crippen LogP contribution in [0.3, 0.4) is 0 Å². The molecule has 17 heteroatoms. The first kappa shape index (κ1) is 38.1. The number of ether oxygens (including phenoxy) is 3. The molecule has 0 fully saturated rings. The molecule has 3 aliphatic heterocycles. The molecule has 0 bridgehead atoms. The Kier molecular flexibility index (Phi) is 14.4. The summed E-state index contributed by atoms with van der Waals surface area (Å²) in [4.78, 5) is 0. The van der Waals surface area contributed by atoms with E-state index in [1.807, 2.05) is 48.5 Å².